The van der Waals surface area contributed by atoms with Crippen molar-refractivity contribution >= 4 is 33.5 Å². The Labute approximate surface area is 123 Å². The molecule has 2 rings (SSSR count). The minimum atomic E-state index is -1.56. The summed E-state index contributed by atoms with van der Waals surface area (Å²) in [5.74, 6) is -5.49. The molecule has 0 unspecified atom stereocenters. The molecule has 0 spiro atoms. The van der Waals surface area contributed by atoms with Crippen LogP contribution in [-0.4, -0.2) is 20.9 Å². The van der Waals surface area contributed by atoms with E-state index < -0.39 is 38.5 Å². The average Bonchev–Trinajstić information content (AvgIpc) is 2.77. The maximum absolute atomic E-state index is 13.9. The second-order valence-corrected chi connectivity index (χ2v) is 4.96. The molecule has 0 fully saturated rings. The van der Waals surface area contributed by atoms with Crippen molar-refractivity contribution in [3.05, 3.63) is 38.7 Å². The van der Waals surface area contributed by atoms with Gasteiger partial charge in [0.05, 0.1) is 15.7 Å². The van der Waals surface area contributed by atoms with E-state index in [-0.39, 0.29) is 11.4 Å². The van der Waals surface area contributed by atoms with Crippen molar-refractivity contribution in [2.24, 2.45) is 7.05 Å². The number of carboxylic acids is 1. The summed E-state index contributed by atoms with van der Waals surface area (Å²) in [5.41, 5.74) is -0.988. The number of carboxylic acid groups (broad SMARTS) is 1. The summed E-state index contributed by atoms with van der Waals surface area (Å²) in [6, 6.07) is 0.998. The number of nitrogens with zero attached hydrogens (tertiary/aromatic N) is 2. The van der Waals surface area contributed by atoms with Gasteiger partial charge < -0.3 is 5.11 Å². The second-order valence-electron chi connectivity index (χ2n) is 3.79. The fourth-order valence-electron chi connectivity index (χ4n) is 1.64. The summed E-state index contributed by atoms with van der Waals surface area (Å²) in [7, 11) is 1.32. The first-order valence-corrected chi connectivity index (χ1v) is 6.22. The molecule has 0 aliphatic rings. The Balaban J connectivity index is 2.80. The number of hydrogen-bond donors (Lipinski definition) is 1. The molecule has 2 aromatic rings. The van der Waals surface area contributed by atoms with E-state index in [1.54, 1.807) is 0 Å². The van der Waals surface area contributed by atoms with Crippen molar-refractivity contribution in [3.8, 4) is 11.3 Å². The number of aryl methyl sites for hydroxylation is 1. The molecule has 0 aliphatic heterocycles. The molecule has 0 aliphatic carbocycles. The number of aromatic carboxylic acids is 1. The molecule has 1 aromatic carbocycles. The van der Waals surface area contributed by atoms with Crippen LogP contribution in [-0.2, 0) is 7.05 Å². The lowest BCUT2D eigenvalue weighted by atomic mass is 10.1. The van der Waals surface area contributed by atoms with Gasteiger partial charge in [-0.3, -0.25) is 4.68 Å². The van der Waals surface area contributed by atoms with Crippen LogP contribution in [0.4, 0.5) is 13.2 Å². The third kappa shape index (κ3) is 2.18. The maximum atomic E-state index is 13.9. The van der Waals surface area contributed by atoms with Crippen LogP contribution in [0.3, 0.4) is 0 Å². The van der Waals surface area contributed by atoms with Crippen molar-refractivity contribution in [2.75, 3.05) is 0 Å². The van der Waals surface area contributed by atoms with Crippen LogP contribution in [0.1, 0.15) is 10.5 Å². The number of aromatic nitrogens is 2. The predicted molar refractivity (Wildman–Crippen MR) is 68.2 cm³/mol. The zero-order valence-electron chi connectivity index (χ0n) is 9.72. The highest BCUT2D eigenvalue weighted by atomic mass is 79.9. The lowest BCUT2D eigenvalue weighted by Gasteiger charge is -2.10. The van der Waals surface area contributed by atoms with Crippen LogP contribution in [0, 0.1) is 17.5 Å². The predicted octanol–water partition coefficient (Wildman–Crippen LogP) is 3.62. The van der Waals surface area contributed by atoms with E-state index in [1.165, 1.54) is 7.05 Å². The molecular weight excluding hydrogens is 364 g/mol. The van der Waals surface area contributed by atoms with Crippen LogP contribution in [0.2, 0.25) is 5.02 Å². The number of benzene rings is 1. The topological polar surface area (TPSA) is 55.1 Å². The van der Waals surface area contributed by atoms with E-state index in [0.717, 1.165) is 10.7 Å². The molecule has 106 valence electrons. The molecule has 20 heavy (non-hydrogen) atoms. The van der Waals surface area contributed by atoms with Crippen molar-refractivity contribution in [1.82, 2.24) is 9.78 Å². The van der Waals surface area contributed by atoms with Gasteiger partial charge in [-0.25, -0.2) is 18.0 Å². The summed E-state index contributed by atoms with van der Waals surface area (Å²) in [6.07, 6.45) is 0. The number of rotatable bonds is 2. The van der Waals surface area contributed by atoms with Gasteiger partial charge >= 0.3 is 5.97 Å². The van der Waals surface area contributed by atoms with E-state index in [2.05, 4.69) is 21.0 Å². The molecule has 4 nitrogen and oxygen atoms in total. The zero-order chi connectivity index (χ0) is 15.2. The average molecular weight is 370 g/mol. The molecule has 0 radical (unpaired) electrons. The van der Waals surface area contributed by atoms with Crippen molar-refractivity contribution in [1.29, 1.82) is 0 Å². The first-order valence-electron chi connectivity index (χ1n) is 5.04. The van der Waals surface area contributed by atoms with E-state index in [1.807, 2.05) is 0 Å². The molecule has 0 saturated heterocycles. The van der Waals surface area contributed by atoms with Gasteiger partial charge in [-0.15, -0.1) is 0 Å². The first kappa shape index (κ1) is 14.9. The smallest absolute Gasteiger partial charge is 0.356 e. The highest BCUT2D eigenvalue weighted by Crippen LogP contribution is 2.38. The fourth-order valence-corrected chi connectivity index (χ4v) is 2.50. The lowest BCUT2D eigenvalue weighted by molar-refractivity contribution is 0.0689. The zero-order valence-corrected chi connectivity index (χ0v) is 12.1. The van der Waals surface area contributed by atoms with Crippen LogP contribution in [0.5, 0.6) is 0 Å². The lowest BCUT2D eigenvalue weighted by Crippen LogP contribution is -2.02. The largest absolute Gasteiger partial charge is 0.476 e. The SMILES string of the molecule is Cn1nc(C(=O)O)cc1-c1c(F)c(F)c(Cl)c(F)c1Br. The van der Waals surface area contributed by atoms with Crippen LogP contribution < -0.4 is 0 Å². The Hall–Kier alpha value is -1.54. The second kappa shape index (κ2) is 5.10. The van der Waals surface area contributed by atoms with E-state index in [9.17, 15) is 18.0 Å². The fraction of sp³-hybridized carbons (Fsp3) is 0.0909. The number of hydrogen-bond acceptors (Lipinski definition) is 2. The van der Waals surface area contributed by atoms with Gasteiger partial charge in [-0.05, 0) is 22.0 Å². The highest BCUT2D eigenvalue weighted by Gasteiger charge is 2.26. The quantitative estimate of drug-likeness (QED) is 0.650. The summed E-state index contributed by atoms with van der Waals surface area (Å²) in [6.45, 7) is 0. The van der Waals surface area contributed by atoms with Crippen LogP contribution >= 0.6 is 27.5 Å². The summed E-state index contributed by atoms with van der Waals surface area (Å²) >= 11 is 8.09. The minimum absolute atomic E-state index is 0.110. The Morgan fingerprint density at radius 1 is 1.35 bits per heavy atom. The number of carbonyl (C=O) groups is 1. The van der Waals surface area contributed by atoms with Gasteiger partial charge in [-0.2, -0.15) is 5.10 Å². The van der Waals surface area contributed by atoms with Crippen molar-refractivity contribution in [2.45, 2.75) is 0 Å². The summed E-state index contributed by atoms with van der Waals surface area (Å²) in [4.78, 5) is 10.8. The van der Waals surface area contributed by atoms with Gasteiger partial charge in [0.1, 0.15) is 5.02 Å². The van der Waals surface area contributed by atoms with Crippen molar-refractivity contribution < 1.29 is 23.1 Å². The standard InChI is InChI=1S/C11H5BrClF3N2O2/c1-18-4(2-3(17-18)11(19)20)5-6(12)9(15)7(13)10(16)8(5)14/h2H,1H3,(H,19,20). The molecule has 1 heterocycles. The van der Waals surface area contributed by atoms with Crippen LogP contribution in [0.15, 0.2) is 10.5 Å². The summed E-state index contributed by atoms with van der Waals surface area (Å²) in [5, 5.41) is 11.4. The third-order valence-electron chi connectivity index (χ3n) is 2.56. The molecule has 1 aromatic heterocycles. The normalized spacial score (nSPS) is 10.9. The highest BCUT2D eigenvalue weighted by molar-refractivity contribution is 9.10. The molecule has 9 heteroatoms. The van der Waals surface area contributed by atoms with Gasteiger partial charge in [-0.1, -0.05) is 11.6 Å². The van der Waals surface area contributed by atoms with E-state index in [0.29, 0.717) is 0 Å². The molecule has 0 atom stereocenters. The number of halogens is 5. The van der Waals surface area contributed by atoms with Gasteiger partial charge in [0.15, 0.2) is 23.1 Å². The molecule has 0 saturated carbocycles. The Morgan fingerprint density at radius 3 is 2.45 bits per heavy atom. The Morgan fingerprint density at radius 2 is 1.95 bits per heavy atom. The van der Waals surface area contributed by atoms with Crippen LogP contribution in [0.25, 0.3) is 11.3 Å². The third-order valence-corrected chi connectivity index (χ3v) is 3.64. The first-order chi connectivity index (χ1) is 9.25. The Bertz CT molecular complexity index is 704. The Kier molecular flexibility index (Phi) is 3.79. The maximum Gasteiger partial charge on any atom is 0.356 e. The van der Waals surface area contributed by atoms with Crippen molar-refractivity contribution in [3.63, 3.8) is 0 Å². The molecule has 0 amide bonds. The van der Waals surface area contributed by atoms with Gasteiger partial charge in [0.2, 0.25) is 0 Å². The van der Waals surface area contributed by atoms with Gasteiger partial charge in [0, 0.05) is 7.05 Å². The van der Waals surface area contributed by atoms with E-state index >= 15 is 0 Å². The minimum Gasteiger partial charge on any atom is -0.476 e. The monoisotopic (exact) mass is 368 g/mol. The molecule has 1 N–H and O–H groups in total. The van der Waals surface area contributed by atoms with E-state index in [4.69, 9.17) is 16.7 Å². The molecular formula is C11H5BrClF3N2O2. The van der Waals surface area contributed by atoms with Gasteiger partial charge in [0.25, 0.3) is 0 Å². The summed E-state index contributed by atoms with van der Waals surface area (Å²) < 4.78 is 41.7. The molecule has 0 bridgehead atoms.